The second-order valence-electron chi connectivity index (χ2n) is 10.2. The van der Waals surface area contributed by atoms with Crippen LogP contribution < -0.4 is 10.9 Å². The van der Waals surface area contributed by atoms with Crippen molar-refractivity contribution in [3.05, 3.63) is 33.2 Å². The van der Waals surface area contributed by atoms with Crippen molar-refractivity contribution < 1.29 is 19.1 Å². The number of nitrogens with zero attached hydrogens (tertiary/aromatic N) is 2. The number of hydrogen-bond donors (Lipinski definition) is 1. The van der Waals surface area contributed by atoms with E-state index in [0.717, 1.165) is 62.9 Å². The molecule has 1 saturated carbocycles. The molecule has 194 valence electrons. The van der Waals surface area contributed by atoms with Crippen molar-refractivity contribution in [3.8, 4) is 0 Å². The van der Waals surface area contributed by atoms with E-state index in [-0.39, 0.29) is 24.3 Å². The van der Waals surface area contributed by atoms with Gasteiger partial charge in [-0.25, -0.2) is 0 Å². The van der Waals surface area contributed by atoms with E-state index < -0.39 is 11.9 Å². The number of carbonyl (C=O) groups is 2. The maximum atomic E-state index is 13.5. The number of nitrogens with one attached hydrogen (secondary N) is 1. The number of aromatic nitrogens is 1. The second-order valence-corrected chi connectivity index (χ2v) is 10.2. The number of carbonyl (C=O) groups excluding carboxylic acids is 2. The second kappa shape index (κ2) is 13.2. The van der Waals surface area contributed by atoms with E-state index in [1.165, 1.54) is 32.1 Å². The predicted molar refractivity (Wildman–Crippen MR) is 134 cm³/mol. The van der Waals surface area contributed by atoms with Crippen molar-refractivity contribution >= 4 is 11.9 Å². The number of fused-ring (bicyclic) bond motifs is 1. The number of pyridine rings is 1. The fraction of sp³-hybridized carbons (Fsp3) is 0.741. The average Bonchev–Trinajstić information content (AvgIpc) is 2.86. The van der Waals surface area contributed by atoms with E-state index in [1.54, 1.807) is 6.07 Å². The molecule has 8 heteroatoms. The van der Waals surface area contributed by atoms with Gasteiger partial charge in [-0.2, -0.15) is 0 Å². The van der Waals surface area contributed by atoms with Crippen molar-refractivity contribution in [2.75, 3.05) is 46.0 Å². The van der Waals surface area contributed by atoms with Crippen LogP contribution in [0, 0.1) is 5.92 Å². The molecule has 35 heavy (non-hydrogen) atoms. The van der Waals surface area contributed by atoms with Crippen molar-refractivity contribution in [3.63, 3.8) is 0 Å². The number of rotatable bonds is 8. The van der Waals surface area contributed by atoms with Gasteiger partial charge in [-0.3, -0.25) is 19.3 Å². The molecule has 1 saturated heterocycles. The lowest BCUT2D eigenvalue weighted by Gasteiger charge is -2.26. The number of morpholine rings is 1. The van der Waals surface area contributed by atoms with Crippen LogP contribution in [-0.4, -0.2) is 67.3 Å². The molecule has 0 unspecified atom stereocenters. The molecule has 1 amide bonds. The van der Waals surface area contributed by atoms with Crippen LogP contribution in [0.25, 0.3) is 0 Å². The quantitative estimate of drug-likeness (QED) is 0.567. The Bertz CT molecular complexity index is 916. The molecule has 0 spiro atoms. The van der Waals surface area contributed by atoms with Crippen molar-refractivity contribution in [1.29, 1.82) is 0 Å². The normalized spacial score (nSPS) is 19.9. The molecule has 1 N–H and O–H groups in total. The van der Waals surface area contributed by atoms with E-state index in [0.29, 0.717) is 32.2 Å². The summed E-state index contributed by atoms with van der Waals surface area (Å²) in [6.45, 7) is 4.46. The molecule has 4 rings (SSSR count). The topological polar surface area (TPSA) is 89.9 Å². The fourth-order valence-corrected chi connectivity index (χ4v) is 5.63. The molecular weight excluding hydrogens is 446 g/mol. The molecular formula is C27H41N3O5. The Balaban J connectivity index is 1.41. The summed E-state index contributed by atoms with van der Waals surface area (Å²) in [5.74, 6) is -0.474. The molecule has 2 aliphatic carbocycles. The van der Waals surface area contributed by atoms with E-state index in [1.807, 2.05) is 4.57 Å². The van der Waals surface area contributed by atoms with Gasteiger partial charge in [-0.05, 0) is 56.1 Å². The maximum Gasteiger partial charge on any atom is 0.325 e. The molecule has 0 aromatic carbocycles. The zero-order valence-corrected chi connectivity index (χ0v) is 21.0. The highest BCUT2D eigenvalue weighted by molar-refractivity contribution is 5.95. The first-order valence-corrected chi connectivity index (χ1v) is 13.6. The summed E-state index contributed by atoms with van der Waals surface area (Å²) in [6, 6.07) is 1.79. The minimum absolute atomic E-state index is 0.154. The monoisotopic (exact) mass is 487 g/mol. The minimum atomic E-state index is -0.486. The van der Waals surface area contributed by atoms with Gasteiger partial charge >= 0.3 is 5.97 Å². The SMILES string of the molecule is O=C(CNC(=O)c1cc2c(n(CC3CCCCC3)c1=O)CCCCCC2)OCCN1CCOCC1. The first-order valence-electron chi connectivity index (χ1n) is 13.6. The first kappa shape index (κ1) is 25.9. The summed E-state index contributed by atoms with van der Waals surface area (Å²) in [5, 5.41) is 2.63. The Labute approximate surface area is 208 Å². The van der Waals surface area contributed by atoms with Gasteiger partial charge in [0.1, 0.15) is 18.7 Å². The summed E-state index contributed by atoms with van der Waals surface area (Å²) in [5.41, 5.74) is 2.19. The lowest BCUT2D eigenvalue weighted by atomic mass is 9.88. The maximum absolute atomic E-state index is 13.5. The van der Waals surface area contributed by atoms with Crippen molar-refractivity contribution in [1.82, 2.24) is 14.8 Å². The molecule has 2 fully saturated rings. The van der Waals surface area contributed by atoms with Crippen LogP contribution in [0.1, 0.15) is 79.4 Å². The zero-order valence-electron chi connectivity index (χ0n) is 21.0. The number of amides is 1. The van der Waals surface area contributed by atoms with Gasteiger partial charge in [-0.1, -0.05) is 32.1 Å². The Hall–Kier alpha value is -2.19. The lowest BCUT2D eigenvalue weighted by Crippen LogP contribution is -2.40. The van der Waals surface area contributed by atoms with Gasteiger partial charge in [0.15, 0.2) is 0 Å². The Kier molecular flexibility index (Phi) is 9.77. The molecule has 8 nitrogen and oxygen atoms in total. The summed E-state index contributed by atoms with van der Waals surface area (Å²) in [4.78, 5) is 40.9. The van der Waals surface area contributed by atoms with Crippen LogP contribution in [0.15, 0.2) is 10.9 Å². The Morgan fingerprint density at radius 2 is 1.71 bits per heavy atom. The first-order chi connectivity index (χ1) is 17.1. The van der Waals surface area contributed by atoms with Crippen molar-refractivity contribution in [2.45, 2.75) is 77.2 Å². The number of hydrogen-bond acceptors (Lipinski definition) is 6. The average molecular weight is 488 g/mol. The van der Waals surface area contributed by atoms with E-state index >= 15 is 0 Å². The smallest absolute Gasteiger partial charge is 0.325 e. The summed E-state index contributed by atoms with van der Waals surface area (Å²) >= 11 is 0. The van der Waals surface area contributed by atoms with Gasteiger partial charge in [0, 0.05) is 31.9 Å². The van der Waals surface area contributed by atoms with Crippen LogP contribution in [0.2, 0.25) is 0 Å². The van der Waals surface area contributed by atoms with E-state index in [4.69, 9.17) is 9.47 Å². The van der Waals surface area contributed by atoms with Crippen molar-refractivity contribution in [2.24, 2.45) is 5.92 Å². The van der Waals surface area contributed by atoms with Crippen LogP contribution in [0.3, 0.4) is 0 Å². The highest BCUT2D eigenvalue weighted by Gasteiger charge is 2.23. The van der Waals surface area contributed by atoms with Gasteiger partial charge in [0.05, 0.1) is 13.2 Å². The summed E-state index contributed by atoms with van der Waals surface area (Å²) in [7, 11) is 0. The lowest BCUT2D eigenvalue weighted by molar-refractivity contribution is -0.143. The molecule has 2 heterocycles. The number of ether oxygens (including phenoxy) is 2. The number of aryl methyl sites for hydroxylation is 1. The highest BCUT2D eigenvalue weighted by atomic mass is 16.5. The van der Waals surface area contributed by atoms with Crippen LogP contribution in [0.5, 0.6) is 0 Å². The molecule has 0 radical (unpaired) electrons. The molecule has 0 bridgehead atoms. The zero-order chi connectivity index (χ0) is 24.5. The van der Waals surface area contributed by atoms with E-state index in [9.17, 15) is 14.4 Å². The predicted octanol–water partition coefficient (Wildman–Crippen LogP) is 2.69. The van der Waals surface area contributed by atoms with Gasteiger partial charge in [0.2, 0.25) is 0 Å². The third-order valence-electron chi connectivity index (χ3n) is 7.68. The standard InChI is InChI=1S/C27H41N3O5/c31-25(35-17-14-29-12-15-34-16-13-29)19-28-26(32)23-18-22-10-6-1-2-7-11-24(22)30(27(23)33)20-21-8-4-3-5-9-21/h18,21H,1-17,19-20H2,(H,28,32). The van der Waals surface area contributed by atoms with Gasteiger partial charge in [-0.15, -0.1) is 0 Å². The molecule has 1 aliphatic heterocycles. The van der Waals surface area contributed by atoms with Gasteiger partial charge in [0.25, 0.3) is 11.5 Å². The highest BCUT2D eigenvalue weighted by Crippen LogP contribution is 2.27. The third-order valence-corrected chi connectivity index (χ3v) is 7.68. The molecule has 3 aliphatic rings. The van der Waals surface area contributed by atoms with Crippen LogP contribution in [0.4, 0.5) is 0 Å². The minimum Gasteiger partial charge on any atom is -0.463 e. The Morgan fingerprint density at radius 1 is 1.00 bits per heavy atom. The molecule has 1 aromatic rings. The summed E-state index contributed by atoms with van der Waals surface area (Å²) in [6.07, 6.45) is 12.3. The van der Waals surface area contributed by atoms with Crippen LogP contribution >= 0.6 is 0 Å². The largest absolute Gasteiger partial charge is 0.463 e. The molecule has 1 aromatic heterocycles. The van der Waals surface area contributed by atoms with Crippen LogP contribution in [-0.2, 0) is 33.7 Å². The van der Waals surface area contributed by atoms with E-state index in [2.05, 4.69) is 10.2 Å². The van der Waals surface area contributed by atoms with Gasteiger partial charge < -0.3 is 19.4 Å². The Morgan fingerprint density at radius 3 is 2.49 bits per heavy atom. The third kappa shape index (κ3) is 7.40. The molecule has 0 atom stereocenters. The summed E-state index contributed by atoms with van der Waals surface area (Å²) < 4.78 is 12.5. The fourth-order valence-electron chi connectivity index (χ4n) is 5.63. The number of esters is 1.